The third-order valence-corrected chi connectivity index (χ3v) is 3.44. The van der Waals surface area contributed by atoms with Crippen molar-refractivity contribution >= 4 is 11.6 Å². The van der Waals surface area contributed by atoms with Gasteiger partial charge in [-0.1, -0.05) is 18.5 Å². The summed E-state index contributed by atoms with van der Waals surface area (Å²) >= 11 is 5.84. The minimum absolute atomic E-state index is 0.234. The topological polar surface area (TPSA) is 26.0 Å². The summed E-state index contributed by atoms with van der Waals surface area (Å²) in [5.41, 5.74) is 1.21. The van der Waals surface area contributed by atoms with Crippen LogP contribution in [0.3, 0.4) is 0 Å². The molecular formula is C13H12ClNO. The Morgan fingerprint density at radius 3 is 2.56 bits per heavy atom. The van der Waals surface area contributed by atoms with E-state index in [0.29, 0.717) is 5.89 Å². The first-order valence-electron chi connectivity index (χ1n) is 5.40. The van der Waals surface area contributed by atoms with Gasteiger partial charge in [-0.25, -0.2) is 4.98 Å². The Balaban J connectivity index is 1.95. The van der Waals surface area contributed by atoms with Gasteiger partial charge in [-0.05, 0) is 37.1 Å². The Morgan fingerprint density at radius 1 is 1.25 bits per heavy atom. The van der Waals surface area contributed by atoms with Crippen LogP contribution >= 0.6 is 11.6 Å². The molecular weight excluding hydrogens is 222 g/mol. The molecule has 0 saturated heterocycles. The van der Waals surface area contributed by atoms with Crippen LogP contribution in [0.25, 0.3) is 11.5 Å². The van der Waals surface area contributed by atoms with Crippen molar-refractivity contribution in [2.24, 2.45) is 0 Å². The molecule has 16 heavy (non-hydrogen) atoms. The molecule has 1 aromatic carbocycles. The third-order valence-electron chi connectivity index (χ3n) is 3.19. The van der Waals surface area contributed by atoms with Crippen LogP contribution < -0.4 is 0 Å². The van der Waals surface area contributed by atoms with Crippen molar-refractivity contribution in [2.75, 3.05) is 0 Å². The average Bonchev–Trinajstić information content (AvgIpc) is 2.84. The zero-order valence-corrected chi connectivity index (χ0v) is 9.79. The average molecular weight is 234 g/mol. The number of hydrogen-bond donors (Lipinski definition) is 0. The zero-order chi connectivity index (χ0) is 11.2. The van der Waals surface area contributed by atoms with E-state index in [1.54, 1.807) is 0 Å². The van der Waals surface area contributed by atoms with Crippen molar-refractivity contribution in [3.8, 4) is 11.5 Å². The Labute approximate surface area is 99.3 Å². The molecule has 0 bridgehead atoms. The number of hydrogen-bond acceptors (Lipinski definition) is 2. The summed E-state index contributed by atoms with van der Waals surface area (Å²) in [6, 6.07) is 7.54. The Kier molecular flexibility index (Phi) is 2.08. The van der Waals surface area contributed by atoms with Crippen molar-refractivity contribution < 1.29 is 4.42 Å². The number of oxazole rings is 1. The van der Waals surface area contributed by atoms with Gasteiger partial charge in [0.15, 0.2) is 0 Å². The molecule has 0 spiro atoms. The van der Waals surface area contributed by atoms with Gasteiger partial charge in [0.25, 0.3) is 0 Å². The van der Waals surface area contributed by atoms with Crippen LogP contribution in [0.2, 0.25) is 5.02 Å². The fourth-order valence-corrected chi connectivity index (χ4v) is 1.84. The van der Waals surface area contributed by atoms with Gasteiger partial charge in [-0.3, -0.25) is 0 Å². The van der Waals surface area contributed by atoms with E-state index in [1.807, 2.05) is 30.5 Å². The minimum atomic E-state index is 0.234. The molecule has 1 aliphatic carbocycles. The maximum atomic E-state index is 5.84. The molecule has 3 rings (SSSR count). The summed E-state index contributed by atoms with van der Waals surface area (Å²) in [6.45, 7) is 2.21. The minimum Gasteiger partial charge on any atom is -0.441 e. The maximum absolute atomic E-state index is 5.84. The first-order valence-corrected chi connectivity index (χ1v) is 5.77. The summed E-state index contributed by atoms with van der Waals surface area (Å²) in [5.74, 6) is 1.68. The Morgan fingerprint density at radius 2 is 1.94 bits per heavy atom. The van der Waals surface area contributed by atoms with Crippen LogP contribution in [0.1, 0.15) is 25.5 Å². The summed E-state index contributed by atoms with van der Waals surface area (Å²) in [5, 5.41) is 0.727. The van der Waals surface area contributed by atoms with Crippen molar-refractivity contribution in [1.29, 1.82) is 0 Å². The molecule has 1 aromatic heterocycles. The number of benzene rings is 1. The maximum Gasteiger partial charge on any atom is 0.226 e. The zero-order valence-electron chi connectivity index (χ0n) is 9.03. The summed E-state index contributed by atoms with van der Waals surface area (Å²) in [6.07, 6.45) is 4.24. The molecule has 0 radical (unpaired) electrons. The van der Waals surface area contributed by atoms with Gasteiger partial charge in [0.05, 0.1) is 6.20 Å². The fraction of sp³-hybridized carbons (Fsp3) is 0.308. The molecule has 3 heteroatoms. The Bertz CT molecular complexity index is 511. The lowest BCUT2D eigenvalue weighted by atomic mass is 10.1. The van der Waals surface area contributed by atoms with E-state index in [2.05, 4.69) is 11.9 Å². The molecule has 0 amide bonds. The lowest BCUT2D eigenvalue weighted by Crippen LogP contribution is -1.95. The van der Waals surface area contributed by atoms with Crippen LogP contribution in [0.5, 0.6) is 0 Å². The lowest BCUT2D eigenvalue weighted by Gasteiger charge is -2.01. The normalized spacial score (nSPS) is 17.4. The monoisotopic (exact) mass is 233 g/mol. The van der Waals surface area contributed by atoms with Gasteiger partial charge < -0.3 is 4.42 Å². The van der Waals surface area contributed by atoms with Crippen molar-refractivity contribution in [1.82, 2.24) is 4.98 Å². The highest BCUT2D eigenvalue weighted by atomic mass is 35.5. The quantitative estimate of drug-likeness (QED) is 0.782. The van der Waals surface area contributed by atoms with Crippen molar-refractivity contribution in [2.45, 2.75) is 25.2 Å². The molecule has 1 saturated carbocycles. The van der Waals surface area contributed by atoms with E-state index in [-0.39, 0.29) is 5.41 Å². The molecule has 0 atom stereocenters. The molecule has 0 N–H and O–H groups in total. The van der Waals surface area contributed by atoms with Gasteiger partial charge >= 0.3 is 0 Å². The van der Waals surface area contributed by atoms with E-state index in [4.69, 9.17) is 16.0 Å². The van der Waals surface area contributed by atoms with Crippen LogP contribution in [-0.2, 0) is 5.41 Å². The highest BCUT2D eigenvalue weighted by Gasteiger charge is 2.42. The number of aromatic nitrogens is 1. The number of halogens is 1. The second-order valence-corrected chi connectivity index (χ2v) is 5.03. The van der Waals surface area contributed by atoms with Crippen molar-refractivity contribution in [3.05, 3.63) is 41.2 Å². The molecule has 2 aromatic rings. The fourth-order valence-electron chi connectivity index (χ4n) is 1.71. The van der Waals surface area contributed by atoms with E-state index < -0.39 is 0 Å². The van der Waals surface area contributed by atoms with Gasteiger partial charge in [0.1, 0.15) is 5.76 Å². The van der Waals surface area contributed by atoms with Gasteiger partial charge in [0.2, 0.25) is 5.89 Å². The Hall–Kier alpha value is -1.28. The van der Waals surface area contributed by atoms with Gasteiger partial charge in [-0.15, -0.1) is 0 Å². The SMILES string of the molecule is CC1(c2cnc(-c3ccc(Cl)cc3)o2)CC1. The molecule has 1 heterocycles. The van der Waals surface area contributed by atoms with Crippen LogP contribution in [0.4, 0.5) is 0 Å². The van der Waals surface area contributed by atoms with E-state index in [9.17, 15) is 0 Å². The smallest absolute Gasteiger partial charge is 0.226 e. The molecule has 1 fully saturated rings. The van der Waals surface area contributed by atoms with E-state index in [0.717, 1.165) is 16.3 Å². The van der Waals surface area contributed by atoms with Crippen LogP contribution in [0, 0.1) is 0 Å². The molecule has 0 unspecified atom stereocenters. The first-order chi connectivity index (χ1) is 7.67. The highest BCUT2D eigenvalue weighted by molar-refractivity contribution is 6.30. The third kappa shape index (κ3) is 1.63. The standard InChI is InChI=1S/C13H12ClNO/c1-13(6-7-13)11-8-15-12(16-11)9-2-4-10(14)5-3-9/h2-5,8H,6-7H2,1H3. The van der Waals surface area contributed by atoms with E-state index in [1.165, 1.54) is 12.8 Å². The number of rotatable bonds is 2. The van der Waals surface area contributed by atoms with E-state index >= 15 is 0 Å². The van der Waals surface area contributed by atoms with Crippen LogP contribution in [0.15, 0.2) is 34.9 Å². The van der Waals surface area contributed by atoms with Gasteiger partial charge in [-0.2, -0.15) is 0 Å². The van der Waals surface area contributed by atoms with Crippen LogP contribution in [-0.4, -0.2) is 4.98 Å². The number of nitrogens with zero attached hydrogens (tertiary/aromatic N) is 1. The van der Waals surface area contributed by atoms with Crippen molar-refractivity contribution in [3.63, 3.8) is 0 Å². The van der Waals surface area contributed by atoms with Gasteiger partial charge in [0, 0.05) is 16.0 Å². The molecule has 82 valence electrons. The summed E-state index contributed by atoms with van der Waals surface area (Å²) < 4.78 is 5.78. The summed E-state index contributed by atoms with van der Waals surface area (Å²) in [7, 11) is 0. The predicted octanol–water partition coefficient (Wildman–Crippen LogP) is 4.05. The second kappa shape index (κ2) is 3.36. The molecule has 2 nitrogen and oxygen atoms in total. The second-order valence-electron chi connectivity index (χ2n) is 4.60. The molecule has 0 aliphatic heterocycles. The largest absolute Gasteiger partial charge is 0.441 e. The first kappa shape index (κ1) is 9.91. The molecule has 1 aliphatic rings. The summed E-state index contributed by atoms with van der Waals surface area (Å²) in [4.78, 5) is 4.31. The highest BCUT2D eigenvalue weighted by Crippen LogP contribution is 2.48. The predicted molar refractivity (Wildman–Crippen MR) is 63.5 cm³/mol. The lowest BCUT2D eigenvalue weighted by molar-refractivity contribution is 0.474.